The Morgan fingerprint density at radius 1 is 1.56 bits per heavy atom. The molecule has 0 saturated heterocycles. The first kappa shape index (κ1) is 14.6. The molecule has 0 spiro atoms. The van der Waals surface area contributed by atoms with Crippen LogP contribution in [-0.2, 0) is 4.74 Å². The third-order valence-electron chi connectivity index (χ3n) is 2.56. The summed E-state index contributed by atoms with van der Waals surface area (Å²) >= 11 is 0. The number of ether oxygens (including phenoxy) is 1. The molecule has 0 aromatic heterocycles. The predicted octanol–water partition coefficient (Wildman–Crippen LogP) is 1.26. The lowest BCUT2D eigenvalue weighted by atomic mass is 10.1. The van der Waals surface area contributed by atoms with Gasteiger partial charge in [-0.1, -0.05) is 0 Å². The van der Waals surface area contributed by atoms with Gasteiger partial charge in [0.25, 0.3) is 5.91 Å². The van der Waals surface area contributed by atoms with Crippen molar-refractivity contribution < 1.29 is 19.0 Å². The van der Waals surface area contributed by atoms with Crippen molar-refractivity contribution in [2.75, 3.05) is 20.3 Å². The first-order valence-corrected chi connectivity index (χ1v) is 5.76. The van der Waals surface area contributed by atoms with E-state index < -0.39 is 6.10 Å². The first-order chi connectivity index (χ1) is 8.54. The van der Waals surface area contributed by atoms with Crippen LogP contribution in [0.4, 0.5) is 4.39 Å². The highest BCUT2D eigenvalue weighted by Crippen LogP contribution is 2.09. The lowest BCUT2D eigenvalue weighted by Gasteiger charge is -2.11. The van der Waals surface area contributed by atoms with Crippen molar-refractivity contribution in [2.24, 2.45) is 0 Å². The molecule has 0 radical (unpaired) electrons. The molecule has 2 N–H and O–H groups in total. The minimum Gasteiger partial charge on any atom is -0.391 e. The molecule has 1 rings (SSSR count). The lowest BCUT2D eigenvalue weighted by molar-refractivity contribution is 0.0587. The monoisotopic (exact) mass is 255 g/mol. The summed E-state index contributed by atoms with van der Waals surface area (Å²) in [7, 11) is 1.50. The Bertz CT molecular complexity index is 409. The zero-order valence-corrected chi connectivity index (χ0v) is 10.6. The van der Waals surface area contributed by atoms with Crippen molar-refractivity contribution in [3.05, 3.63) is 35.1 Å². The zero-order valence-electron chi connectivity index (χ0n) is 10.6. The summed E-state index contributed by atoms with van der Waals surface area (Å²) in [6, 6.07) is 4.02. The van der Waals surface area contributed by atoms with Crippen molar-refractivity contribution in [3.63, 3.8) is 0 Å². The summed E-state index contributed by atoms with van der Waals surface area (Å²) in [6.07, 6.45) is -0.176. The zero-order chi connectivity index (χ0) is 13.5. The molecule has 1 unspecified atom stereocenters. The lowest BCUT2D eigenvalue weighted by Crippen LogP contribution is -2.29. The fraction of sp³-hybridized carbons (Fsp3) is 0.462. The molecule has 0 aliphatic carbocycles. The topological polar surface area (TPSA) is 58.6 Å². The highest BCUT2D eigenvalue weighted by Gasteiger charge is 2.10. The van der Waals surface area contributed by atoms with E-state index in [0.29, 0.717) is 24.1 Å². The first-order valence-electron chi connectivity index (χ1n) is 5.76. The Hall–Kier alpha value is -1.46. The average Bonchev–Trinajstić information content (AvgIpc) is 2.29. The molecule has 0 heterocycles. The van der Waals surface area contributed by atoms with Gasteiger partial charge < -0.3 is 15.2 Å². The maximum Gasteiger partial charge on any atom is 0.251 e. The van der Waals surface area contributed by atoms with E-state index >= 15 is 0 Å². The van der Waals surface area contributed by atoms with E-state index in [0.717, 1.165) is 0 Å². The molecule has 1 aromatic carbocycles. The van der Waals surface area contributed by atoms with E-state index in [1.54, 1.807) is 6.92 Å². The number of methoxy groups -OCH3 is 1. The van der Waals surface area contributed by atoms with Gasteiger partial charge in [0.05, 0.1) is 12.7 Å². The summed E-state index contributed by atoms with van der Waals surface area (Å²) in [5, 5.41) is 12.1. The third kappa shape index (κ3) is 4.43. The van der Waals surface area contributed by atoms with Crippen molar-refractivity contribution >= 4 is 5.91 Å². The van der Waals surface area contributed by atoms with E-state index in [2.05, 4.69) is 5.32 Å². The van der Waals surface area contributed by atoms with Crippen molar-refractivity contribution in [1.82, 2.24) is 5.32 Å². The van der Waals surface area contributed by atoms with Crippen LogP contribution in [0.2, 0.25) is 0 Å². The Morgan fingerprint density at radius 2 is 2.28 bits per heavy atom. The van der Waals surface area contributed by atoms with E-state index in [1.165, 1.54) is 25.3 Å². The predicted molar refractivity (Wildman–Crippen MR) is 66.0 cm³/mol. The molecule has 0 fully saturated rings. The van der Waals surface area contributed by atoms with E-state index in [4.69, 9.17) is 4.74 Å². The van der Waals surface area contributed by atoms with Crippen LogP contribution in [0.3, 0.4) is 0 Å². The number of carbonyl (C=O) groups is 1. The second-order valence-corrected chi connectivity index (χ2v) is 4.11. The van der Waals surface area contributed by atoms with Gasteiger partial charge in [-0.25, -0.2) is 4.39 Å². The SMILES string of the molecule is COCC(O)CCNC(=O)c1ccc(F)cc1C. The molecular weight excluding hydrogens is 237 g/mol. The fourth-order valence-electron chi connectivity index (χ4n) is 1.61. The van der Waals surface area contributed by atoms with Crippen LogP contribution >= 0.6 is 0 Å². The summed E-state index contributed by atoms with van der Waals surface area (Å²) < 4.78 is 17.6. The molecule has 1 amide bonds. The highest BCUT2D eigenvalue weighted by molar-refractivity contribution is 5.95. The molecule has 0 saturated carbocycles. The number of carbonyl (C=O) groups excluding carboxylic acids is 1. The Balaban J connectivity index is 2.45. The fourth-order valence-corrected chi connectivity index (χ4v) is 1.61. The van der Waals surface area contributed by atoms with Gasteiger partial charge in [-0.2, -0.15) is 0 Å². The molecule has 100 valence electrons. The molecule has 4 nitrogen and oxygen atoms in total. The Morgan fingerprint density at radius 3 is 2.89 bits per heavy atom. The minimum atomic E-state index is -0.593. The van der Waals surface area contributed by atoms with Gasteiger partial charge in [0.15, 0.2) is 0 Å². The number of nitrogens with one attached hydrogen (secondary N) is 1. The quantitative estimate of drug-likeness (QED) is 0.804. The molecule has 18 heavy (non-hydrogen) atoms. The van der Waals surface area contributed by atoms with E-state index in [-0.39, 0.29) is 18.3 Å². The van der Waals surface area contributed by atoms with Gasteiger partial charge in [0.1, 0.15) is 5.82 Å². The van der Waals surface area contributed by atoms with Crippen LogP contribution in [0.5, 0.6) is 0 Å². The maximum absolute atomic E-state index is 12.9. The van der Waals surface area contributed by atoms with Crippen molar-refractivity contribution in [3.8, 4) is 0 Å². The molecule has 1 aromatic rings. The largest absolute Gasteiger partial charge is 0.391 e. The second kappa shape index (κ2) is 7.08. The molecule has 1 atom stereocenters. The van der Waals surface area contributed by atoms with Gasteiger partial charge >= 0.3 is 0 Å². The van der Waals surface area contributed by atoms with Gasteiger partial charge in [-0.15, -0.1) is 0 Å². The summed E-state index contributed by atoms with van der Waals surface area (Å²) in [4.78, 5) is 11.8. The van der Waals surface area contributed by atoms with Crippen molar-refractivity contribution in [1.29, 1.82) is 0 Å². The highest BCUT2D eigenvalue weighted by atomic mass is 19.1. The van der Waals surface area contributed by atoms with Gasteiger partial charge in [-0.05, 0) is 37.1 Å². The number of hydrogen-bond donors (Lipinski definition) is 2. The average molecular weight is 255 g/mol. The summed E-state index contributed by atoms with van der Waals surface area (Å²) in [5.74, 6) is -0.628. The van der Waals surface area contributed by atoms with Gasteiger partial charge in [0.2, 0.25) is 0 Å². The van der Waals surface area contributed by atoms with E-state index in [9.17, 15) is 14.3 Å². The number of benzene rings is 1. The van der Waals surface area contributed by atoms with E-state index in [1.807, 2.05) is 0 Å². The Kier molecular flexibility index (Phi) is 5.74. The van der Waals surface area contributed by atoms with Gasteiger partial charge in [-0.3, -0.25) is 4.79 Å². The van der Waals surface area contributed by atoms with Gasteiger partial charge in [0, 0.05) is 19.2 Å². The van der Waals surface area contributed by atoms with Crippen LogP contribution in [-0.4, -0.2) is 37.4 Å². The number of aliphatic hydroxyl groups is 1. The van der Waals surface area contributed by atoms with Crippen molar-refractivity contribution in [2.45, 2.75) is 19.4 Å². The summed E-state index contributed by atoms with van der Waals surface area (Å²) in [5.41, 5.74) is 1.03. The number of aryl methyl sites for hydroxylation is 1. The number of rotatable bonds is 6. The molecule has 0 aliphatic heterocycles. The molecule has 5 heteroatoms. The standard InChI is InChI=1S/C13H18FNO3/c1-9-7-10(14)3-4-12(9)13(17)15-6-5-11(16)8-18-2/h3-4,7,11,16H,5-6,8H2,1-2H3,(H,15,17). The molecular formula is C13H18FNO3. The number of amides is 1. The van der Waals surface area contributed by atoms with Crippen LogP contribution in [0, 0.1) is 12.7 Å². The normalized spacial score (nSPS) is 12.2. The van der Waals surface area contributed by atoms with Crippen LogP contribution in [0.1, 0.15) is 22.3 Å². The second-order valence-electron chi connectivity index (χ2n) is 4.11. The Labute approximate surface area is 106 Å². The van der Waals surface area contributed by atoms with Crippen LogP contribution in [0.25, 0.3) is 0 Å². The minimum absolute atomic E-state index is 0.242. The third-order valence-corrected chi connectivity index (χ3v) is 2.56. The smallest absolute Gasteiger partial charge is 0.251 e. The summed E-state index contributed by atoms with van der Waals surface area (Å²) in [6.45, 7) is 2.27. The van der Waals surface area contributed by atoms with Crippen LogP contribution in [0.15, 0.2) is 18.2 Å². The molecule has 0 aliphatic rings. The maximum atomic E-state index is 12.9. The number of halogens is 1. The van der Waals surface area contributed by atoms with Crippen LogP contribution < -0.4 is 5.32 Å². The number of aliphatic hydroxyl groups excluding tert-OH is 1. The number of hydrogen-bond acceptors (Lipinski definition) is 3. The molecule has 0 bridgehead atoms.